The fourth-order valence-corrected chi connectivity index (χ4v) is 3.23. The van der Waals surface area contributed by atoms with E-state index >= 15 is 0 Å². The lowest BCUT2D eigenvalue weighted by atomic mass is 10.0. The van der Waals surface area contributed by atoms with Gasteiger partial charge in [0, 0.05) is 22.1 Å². The SMILES string of the molecule is CCC(N)Cc1cc(Cl)cc(Cl)c1OCc1nc(C)cs1. The van der Waals surface area contributed by atoms with E-state index in [2.05, 4.69) is 11.9 Å². The summed E-state index contributed by atoms with van der Waals surface area (Å²) in [4.78, 5) is 4.38. The lowest BCUT2D eigenvalue weighted by molar-refractivity contribution is 0.301. The number of hydrogen-bond acceptors (Lipinski definition) is 4. The maximum atomic E-state index is 6.27. The fraction of sp³-hybridized carbons (Fsp3) is 0.400. The quantitative estimate of drug-likeness (QED) is 0.831. The van der Waals surface area contributed by atoms with Crippen LogP contribution in [0.1, 0.15) is 29.6 Å². The highest BCUT2D eigenvalue weighted by molar-refractivity contribution is 7.09. The molecule has 1 aromatic carbocycles. The Labute approximate surface area is 139 Å². The molecule has 0 amide bonds. The lowest BCUT2D eigenvalue weighted by Gasteiger charge is -2.16. The minimum atomic E-state index is 0.0593. The van der Waals surface area contributed by atoms with E-state index in [4.69, 9.17) is 33.7 Å². The van der Waals surface area contributed by atoms with Gasteiger partial charge in [0.1, 0.15) is 17.4 Å². The number of ether oxygens (including phenoxy) is 1. The van der Waals surface area contributed by atoms with Crippen LogP contribution in [0.4, 0.5) is 0 Å². The molecular formula is C15H18Cl2N2OS. The highest BCUT2D eigenvalue weighted by Gasteiger charge is 2.14. The van der Waals surface area contributed by atoms with E-state index in [0.717, 1.165) is 22.7 Å². The molecule has 0 bridgehead atoms. The number of benzene rings is 1. The standard InChI is InChI=1S/C15H18Cl2N2OS/c1-3-12(18)5-10-4-11(16)6-13(17)15(10)20-7-14-19-9(2)8-21-14/h4,6,8,12H,3,5,7,18H2,1-2H3. The van der Waals surface area contributed by atoms with Crippen molar-refractivity contribution in [2.45, 2.75) is 39.3 Å². The molecule has 3 nitrogen and oxygen atoms in total. The van der Waals surface area contributed by atoms with E-state index in [1.54, 1.807) is 17.4 Å². The molecule has 1 atom stereocenters. The highest BCUT2D eigenvalue weighted by atomic mass is 35.5. The molecule has 0 fully saturated rings. The third-order valence-electron chi connectivity index (χ3n) is 3.10. The van der Waals surface area contributed by atoms with E-state index in [-0.39, 0.29) is 6.04 Å². The Bertz CT molecular complexity index is 616. The summed E-state index contributed by atoms with van der Waals surface area (Å²) in [5.74, 6) is 0.651. The number of aromatic nitrogens is 1. The van der Waals surface area contributed by atoms with Crippen LogP contribution in [0, 0.1) is 6.92 Å². The highest BCUT2D eigenvalue weighted by Crippen LogP contribution is 2.34. The van der Waals surface area contributed by atoms with E-state index in [1.807, 2.05) is 18.4 Å². The maximum absolute atomic E-state index is 6.27. The van der Waals surface area contributed by atoms with Crippen LogP contribution in [0.3, 0.4) is 0 Å². The van der Waals surface area contributed by atoms with Crippen LogP contribution >= 0.6 is 34.5 Å². The van der Waals surface area contributed by atoms with Gasteiger partial charge in [0.15, 0.2) is 0 Å². The minimum Gasteiger partial charge on any atom is -0.485 e. The fourth-order valence-electron chi connectivity index (χ4n) is 1.96. The van der Waals surface area contributed by atoms with Gasteiger partial charge in [-0.1, -0.05) is 30.1 Å². The molecule has 0 aliphatic carbocycles. The van der Waals surface area contributed by atoms with Crippen LogP contribution in [0.5, 0.6) is 5.75 Å². The maximum Gasteiger partial charge on any atom is 0.141 e. The molecule has 0 spiro atoms. The summed E-state index contributed by atoms with van der Waals surface area (Å²) in [7, 11) is 0. The van der Waals surface area contributed by atoms with Crippen molar-refractivity contribution in [2.75, 3.05) is 0 Å². The summed E-state index contributed by atoms with van der Waals surface area (Å²) in [6, 6.07) is 3.61. The zero-order chi connectivity index (χ0) is 15.4. The average Bonchev–Trinajstić information content (AvgIpc) is 2.83. The molecule has 2 N–H and O–H groups in total. The van der Waals surface area contributed by atoms with Crippen LogP contribution in [0.15, 0.2) is 17.5 Å². The first-order valence-electron chi connectivity index (χ1n) is 6.77. The van der Waals surface area contributed by atoms with Gasteiger partial charge in [-0.15, -0.1) is 11.3 Å². The molecule has 6 heteroatoms. The monoisotopic (exact) mass is 344 g/mol. The van der Waals surface area contributed by atoms with Crippen molar-refractivity contribution in [3.05, 3.63) is 43.8 Å². The lowest BCUT2D eigenvalue weighted by Crippen LogP contribution is -2.21. The van der Waals surface area contributed by atoms with E-state index in [9.17, 15) is 0 Å². The Morgan fingerprint density at radius 3 is 2.76 bits per heavy atom. The van der Waals surface area contributed by atoms with Gasteiger partial charge in [0.25, 0.3) is 0 Å². The Morgan fingerprint density at radius 2 is 2.14 bits per heavy atom. The molecule has 0 aliphatic rings. The van der Waals surface area contributed by atoms with Crippen LogP contribution in [-0.2, 0) is 13.0 Å². The first-order valence-corrected chi connectivity index (χ1v) is 8.40. The van der Waals surface area contributed by atoms with Gasteiger partial charge in [0.2, 0.25) is 0 Å². The summed E-state index contributed by atoms with van der Waals surface area (Å²) in [5, 5.41) is 4.02. The van der Waals surface area contributed by atoms with Gasteiger partial charge in [-0.05, 0) is 37.5 Å². The number of thiazole rings is 1. The van der Waals surface area contributed by atoms with Crippen molar-refractivity contribution in [2.24, 2.45) is 5.73 Å². The van der Waals surface area contributed by atoms with Gasteiger partial charge in [-0.2, -0.15) is 0 Å². The Morgan fingerprint density at radius 1 is 1.38 bits per heavy atom. The second-order valence-corrected chi connectivity index (χ2v) is 6.71. The summed E-state index contributed by atoms with van der Waals surface area (Å²) in [6.45, 7) is 4.41. The predicted octanol–water partition coefficient (Wildman–Crippen LogP) is 4.62. The molecule has 0 aliphatic heterocycles. The third-order valence-corrected chi connectivity index (χ3v) is 4.54. The van der Waals surface area contributed by atoms with Gasteiger partial charge >= 0.3 is 0 Å². The van der Waals surface area contributed by atoms with Gasteiger partial charge < -0.3 is 10.5 Å². The second kappa shape index (κ2) is 7.45. The summed E-state index contributed by atoms with van der Waals surface area (Å²) < 4.78 is 5.87. The largest absolute Gasteiger partial charge is 0.485 e. The van der Waals surface area contributed by atoms with Crippen molar-refractivity contribution in [1.82, 2.24) is 4.98 Å². The molecule has 0 radical (unpaired) electrons. The van der Waals surface area contributed by atoms with E-state index < -0.39 is 0 Å². The summed E-state index contributed by atoms with van der Waals surface area (Å²) in [6.07, 6.45) is 1.57. The molecule has 114 valence electrons. The van der Waals surface area contributed by atoms with Gasteiger partial charge in [0.05, 0.1) is 5.02 Å². The zero-order valence-electron chi connectivity index (χ0n) is 12.0. The van der Waals surface area contributed by atoms with Gasteiger partial charge in [-0.3, -0.25) is 0 Å². The molecule has 2 rings (SSSR count). The molecular weight excluding hydrogens is 327 g/mol. The molecule has 1 unspecified atom stereocenters. The van der Waals surface area contributed by atoms with E-state index in [1.165, 1.54) is 0 Å². The van der Waals surface area contributed by atoms with Crippen molar-refractivity contribution < 1.29 is 4.74 Å². The summed E-state index contributed by atoms with van der Waals surface area (Å²) in [5.41, 5.74) is 7.97. The number of nitrogens with two attached hydrogens (primary N) is 1. The van der Waals surface area contributed by atoms with Crippen molar-refractivity contribution in [3.63, 3.8) is 0 Å². The van der Waals surface area contributed by atoms with Crippen LogP contribution < -0.4 is 10.5 Å². The van der Waals surface area contributed by atoms with Gasteiger partial charge in [-0.25, -0.2) is 4.98 Å². The van der Waals surface area contributed by atoms with Crippen molar-refractivity contribution >= 4 is 34.5 Å². The molecule has 1 heterocycles. The van der Waals surface area contributed by atoms with Crippen molar-refractivity contribution in [1.29, 1.82) is 0 Å². The Balaban J connectivity index is 2.19. The van der Waals surface area contributed by atoms with Crippen LogP contribution in [0.25, 0.3) is 0 Å². The third kappa shape index (κ3) is 4.58. The van der Waals surface area contributed by atoms with Crippen molar-refractivity contribution in [3.8, 4) is 5.75 Å². The van der Waals surface area contributed by atoms with E-state index in [0.29, 0.717) is 28.8 Å². The Kier molecular flexibility index (Phi) is 5.88. The number of nitrogens with zero attached hydrogens (tertiary/aromatic N) is 1. The summed E-state index contributed by atoms with van der Waals surface area (Å²) >= 11 is 13.9. The zero-order valence-corrected chi connectivity index (χ0v) is 14.4. The average molecular weight is 345 g/mol. The smallest absolute Gasteiger partial charge is 0.141 e. The Hall–Kier alpha value is -0.810. The molecule has 0 saturated heterocycles. The number of aryl methyl sites for hydroxylation is 1. The predicted molar refractivity (Wildman–Crippen MR) is 89.6 cm³/mol. The molecule has 1 aromatic heterocycles. The number of rotatable bonds is 6. The number of halogens is 2. The molecule has 0 saturated carbocycles. The molecule has 21 heavy (non-hydrogen) atoms. The van der Waals surface area contributed by atoms with Crippen LogP contribution in [-0.4, -0.2) is 11.0 Å². The topological polar surface area (TPSA) is 48.1 Å². The normalized spacial score (nSPS) is 12.4. The first kappa shape index (κ1) is 16.6. The first-order chi connectivity index (χ1) is 9.99. The second-order valence-electron chi connectivity index (χ2n) is 4.92. The minimum absolute atomic E-state index is 0.0593. The number of hydrogen-bond donors (Lipinski definition) is 1. The van der Waals surface area contributed by atoms with Crippen LogP contribution in [0.2, 0.25) is 10.0 Å². The molecule has 2 aromatic rings.